The molecule has 0 radical (unpaired) electrons. The molecular weight excluding hydrogens is 691 g/mol. The summed E-state index contributed by atoms with van der Waals surface area (Å²) in [5.41, 5.74) is 4.31. The summed E-state index contributed by atoms with van der Waals surface area (Å²) in [5, 5.41) is 11.0. The van der Waals surface area contributed by atoms with E-state index < -0.39 is 6.23 Å². The Morgan fingerprint density at radius 3 is 2.11 bits per heavy atom. The number of anilines is 1. The van der Waals surface area contributed by atoms with Crippen LogP contribution in [-0.4, -0.2) is 78.7 Å². The SMILES string of the molecule is COc1cc2c(cc1OCCCCCOc1cc3c(cc1OC)C(=O)N1C=C(C)C[C@H]1C(O)N3I)N=C[C@@H]1CC(C)=CN1C2=O. The zero-order valence-electron chi connectivity index (χ0n) is 25.8. The van der Waals surface area contributed by atoms with Crippen LogP contribution in [0.2, 0.25) is 0 Å². The third-order valence-electron chi connectivity index (χ3n) is 8.49. The smallest absolute Gasteiger partial charge is 0.260 e. The lowest BCUT2D eigenvalue weighted by Gasteiger charge is -2.29. The van der Waals surface area contributed by atoms with Gasteiger partial charge in [-0.3, -0.25) is 17.7 Å². The Bertz CT molecular complexity index is 1610. The lowest BCUT2D eigenvalue weighted by atomic mass is 10.1. The Morgan fingerprint density at radius 2 is 1.42 bits per heavy atom. The second-order valence-electron chi connectivity index (χ2n) is 11.7. The van der Waals surface area contributed by atoms with Gasteiger partial charge in [-0.15, -0.1) is 0 Å². The molecule has 2 aromatic rings. The first kappa shape index (κ1) is 31.2. The zero-order valence-corrected chi connectivity index (χ0v) is 27.9. The Morgan fingerprint density at radius 1 is 0.822 bits per heavy atom. The molecule has 1 N–H and O–H groups in total. The van der Waals surface area contributed by atoms with E-state index in [4.69, 9.17) is 18.9 Å². The van der Waals surface area contributed by atoms with E-state index in [2.05, 4.69) is 27.9 Å². The number of benzene rings is 2. The van der Waals surface area contributed by atoms with Crippen LogP contribution in [0.25, 0.3) is 0 Å². The summed E-state index contributed by atoms with van der Waals surface area (Å²) in [5.74, 6) is 1.75. The second kappa shape index (κ2) is 12.9. The van der Waals surface area contributed by atoms with Gasteiger partial charge in [0.25, 0.3) is 11.8 Å². The van der Waals surface area contributed by atoms with Gasteiger partial charge < -0.3 is 33.9 Å². The number of aliphatic hydroxyl groups is 1. The van der Waals surface area contributed by atoms with Crippen molar-refractivity contribution in [2.45, 2.75) is 64.3 Å². The average molecular weight is 729 g/mol. The number of nitrogens with zero attached hydrogens (tertiary/aromatic N) is 4. The molecule has 0 fully saturated rings. The van der Waals surface area contributed by atoms with Gasteiger partial charge in [-0.05, 0) is 58.1 Å². The van der Waals surface area contributed by atoms with Crippen LogP contribution >= 0.6 is 22.9 Å². The molecule has 4 aliphatic rings. The number of amides is 2. The monoisotopic (exact) mass is 728 g/mol. The minimum Gasteiger partial charge on any atom is -0.493 e. The second-order valence-corrected chi connectivity index (χ2v) is 12.8. The van der Waals surface area contributed by atoms with Crippen molar-refractivity contribution in [3.63, 3.8) is 0 Å². The van der Waals surface area contributed by atoms with Gasteiger partial charge in [0.1, 0.15) is 0 Å². The Hall–Kier alpha value is -3.78. The van der Waals surface area contributed by atoms with Crippen LogP contribution in [-0.2, 0) is 0 Å². The fourth-order valence-corrected chi connectivity index (χ4v) is 6.94. The summed E-state index contributed by atoms with van der Waals surface area (Å²) < 4.78 is 25.0. The van der Waals surface area contributed by atoms with E-state index in [-0.39, 0.29) is 23.9 Å². The van der Waals surface area contributed by atoms with Crippen molar-refractivity contribution < 1.29 is 33.6 Å². The van der Waals surface area contributed by atoms with Gasteiger partial charge in [0, 0.05) is 30.7 Å². The van der Waals surface area contributed by atoms with Crippen molar-refractivity contribution >= 4 is 52.3 Å². The predicted molar refractivity (Wildman–Crippen MR) is 178 cm³/mol. The molecule has 2 amide bonds. The minimum atomic E-state index is -0.866. The number of methoxy groups -OCH3 is 2. The highest BCUT2D eigenvalue weighted by molar-refractivity contribution is 14.1. The van der Waals surface area contributed by atoms with Gasteiger partial charge in [-0.25, -0.2) is 0 Å². The molecule has 1 unspecified atom stereocenters. The van der Waals surface area contributed by atoms with E-state index in [1.165, 1.54) is 0 Å². The molecule has 0 saturated carbocycles. The Labute approximate surface area is 276 Å². The van der Waals surface area contributed by atoms with E-state index in [1.54, 1.807) is 51.4 Å². The number of ether oxygens (including phenoxy) is 4. The molecule has 0 aliphatic carbocycles. The van der Waals surface area contributed by atoms with Crippen LogP contribution in [0.15, 0.2) is 52.8 Å². The molecule has 4 aliphatic heterocycles. The van der Waals surface area contributed by atoms with Crippen LogP contribution in [0.1, 0.15) is 66.7 Å². The molecule has 0 spiro atoms. The Balaban J connectivity index is 1.04. The predicted octanol–water partition coefficient (Wildman–Crippen LogP) is 5.77. The first-order valence-corrected chi connectivity index (χ1v) is 16.0. The van der Waals surface area contributed by atoms with Gasteiger partial charge in [-0.1, -0.05) is 11.1 Å². The number of fused-ring (bicyclic) bond motifs is 4. The highest BCUT2D eigenvalue weighted by Crippen LogP contribution is 2.43. The van der Waals surface area contributed by atoms with E-state index in [0.717, 1.165) is 36.8 Å². The number of hydrogen-bond donors (Lipinski definition) is 1. The maximum atomic E-state index is 13.4. The lowest BCUT2D eigenvalue weighted by Crippen LogP contribution is -2.44. The molecule has 238 valence electrons. The molecule has 6 rings (SSSR count). The summed E-state index contributed by atoms with van der Waals surface area (Å²) in [6.07, 6.45) is 8.45. The summed E-state index contributed by atoms with van der Waals surface area (Å²) >= 11 is 2.06. The number of unbranched alkanes of at least 4 members (excludes halogenated alkanes) is 2. The number of aliphatic hydroxyl groups excluding tert-OH is 1. The van der Waals surface area contributed by atoms with E-state index >= 15 is 0 Å². The van der Waals surface area contributed by atoms with Crippen LogP contribution in [0.5, 0.6) is 23.0 Å². The van der Waals surface area contributed by atoms with Crippen LogP contribution in [0.3, 0.4) is 0 Å². The number of rotatable bonds is 10. The molecule has 0 bridgehead atoms. The first-order valence-electron chi connectivity index (χ1n) is 15.1. The molecule has 3 atom stereocenters. The standard InChI is InChI=1S/C33H37IN4O7/c1-19-10-21-16-35-24-14-29(27(42-3)12-22(24)31(39)36(21)17-19)44-8-6-5-7-9-45-30-15-25-23(13-28(30)43-4)32(40)37-18-20(2)11-26(37)33(41)38(25)34/h12-18,21,26,33,41H,5-11H2,1-4H3/t21-,26-,33?/m0/s1. The highest BCUT2D eigenvalue weighted by atomic mass is 127. The van der Waals surface area contributed by atoms with Crippen LogP contribution < -0.4 is 22.1 Å². The number of hydrogen-bond acceptors (Lipinski definition) is 9. The average Bonchev–Trinajstić information content (AvgIpc) is 3.58. The number of aliphatic imine (C=N–C) groups is 1. The van der Waals surface area contributed by atoms with Crippen molar-refractivity contribution in [3.05, 3.63) is 58.9 Å². The molecule has 45 heavy (non-hydrogen) atoms. The van der Waals surface area contributed by atoms with Crippen molar-refractivity contribution in [2.75, 3.05) is 30.5 Å². The van der Waals surface area contributed by atoms with Crippen molar-refractivity contribution in [1.29, 1.82) is 0 Å². The summed E-state index contributed by atoms with van der Waals surface area (Å²) in [7, 11) is 3.11. The van der Waals surface area contributed by atoms with Gasteiger partial charge in [-0.2, -0.15) is 0 Å². The zero-order chi connectivity index (χ0) is 31.8. The maximum Gasteiger partial charge on any atom is 0.260 e. The first-order chi connectivity index (χ1) is 21.7. The van der Waals surface area contributed by atoms with E-state index in [0.29, 0.717) is 65.1 Å². The summed E-state index contributed by atoms with van der Waals surface area (Å²) in [4.78, 5) is 34.5. The number of carbonyl (C=O) groups excluding carboxylic acids is 2. The molecule has 12 heteroatoms. The molecular formula is C33H37IN4O7. The third-order valence-corrected chi connectivity index (χ3v) is 9.58. The summed E-state index contributed by atoms with van der Waals surface area (Å²) in [6, 6.07) is 6.52. The van der Waals surface area contributed by atoms with Gasteiger partial charge in [0.2, 0.25) is 0 Å². The largest absolute Gasteiger partial charge is 0.493 e. The van der Waals surface area contributed by atoms with Crippen molar-refractivity contribution in [3.8, 4) is 23.0 Å². The summed E-state index contributed by atoms with van der Waals surface area (Å²) in [6.45, 7) is 4.87. The quantitative estimate of drug-likeness (QED) is 0.187. The maximum absolute atomic E-state index is 13.4. The number of carbonyl (C=O) groups is 2. The molecule has 0 aromatic heterocycles. The fourth-order valence-electron chi connectivity index (χ4n) is 6.17. The van der Waals surface area contributed by atoms with E-state index in [1.807, 2.05) is 32.5 Å². The van der Waals surface area contributed by atoms with Crippen molar-refractivity contribution in [2.24, 2.45) is 4.99 Å². The van der Waals surface area contributed by atoms with Gasteiger partial charge in [0.15, 0.2) is 29.2 Å². The number of halogens is 1. The Kier molecular flexibility index (Phi) is 8.96. The fraction of sp³-hybridized carbons (Fsp3) is 0.424. The normalized spacial score (nSPS) is 21.7. The highest BCUT2D eigenvalue weighted by Gasteiger charge is 2.41. The third kappa shape index (κ3) is 5.97. The van der Waals surface area contributed by atoms with Gasteiger partial charge >= 0.3 is 0 Å². The van der Waals surface area contributed by atoms with Gasteiger partial charge in [0.05, 0.1) is 84.9 Å². The molecule has 2 aromatic carbocycles. The molecule has 11 nitrogen and oxygen atoms in total. The topological polar surface area (TPSA) is 113 Å². The molecule has 4 heterocycles. The van der Waals surface area contributed by atoms with Crippen molar-refractivity contribution in [1.82, 2.24) is 9.80 Å². The van der Waals surface area contributed by atoms with Crippen LogP contribution in [0.4, 0.5) is 11.4 Å². The minimum absolute atomic E-state index is 0.0673. The van der Waals surface area contributed by atoms with Crippen LogP contribution in [0, 0.1) is 0 Å². The van der Waals surface area contributed by atoms with E-state index in [9.17, 15) is 14.7 Å². The lowest BCUT2D eigenvalue weighted by molar-refractivity contribution is 0.0624. The molecule has 0 saturated heterocycles.